The Balaban J connectivity index is 1.72. The Kier molecular flexibility index (Phi) is 6.42. The number of carbonyl (C=O) groups is 1. The van der Waals surface area contributed by atoms with Gasteiger partial charge in [-0.25, -0.2) is 4.79 Å². The molecular weight excluding hydrogens is 292 g/mol. The maximum atomic E-state index is 11.7. The van der Waals surface area contributed by atoms with Crippen molar-refractivity contribution in [3.8, 4) is 0 Å². The predicted molar refractivity (Wildman–Crippen MR) is 91.5 cm³/mol. The quantitative estimate of drug-likeness (QED) is 0.871. The first-order chi connectivity index (χ1) is 10.9. The molecule has 1 aromatic carbocycles. The molecule has 1 amide bonds. The first-order valence-corrected chi connectivity index (χ1v) is 8.30. The van der Waals surface area contributed by atoms with Crippen molar-refractivity contribution >= 4 is 11.8 Å². The molecule has 2 rings (SSSR count). The Morgan fingerprint density at radius 2 is 2.04 bits per heavy atom. The van der Waals surface area contributed by atoms with Crippen LogP contribution in [0.5, 0.6) is 0 Å². The van der Waals surface area contributed by atoms with Crippen molar-refractivity contribution in [1.29, 1.82) is 0 Å². The van der Waals surface area contributed by atoms with E-state index in [9.17, 15) is 4.79 Å². The molecule has 1 aromatic rings. The van der Waals surface area contributed by atoms with E-state index >= 15 is 0 Å². The van der Waals surface area contributed by atoms with Gasteiger partial charge in [0.25, 0.3) is 0 Å². The molecule has 23 heavy (non-hydrogen) atoms. The van der Waals surface area contributed by atoms with Crippen LogP contribution in [0.2, 0.25) is 0 Å². The number of ether oxygens (including phenoxy) is 2. The van der Waals surface area contributed by atoms with E-state index in [1.54, 1.807) is 0 Å². The zero-order valence-electron chi connectivity index (χ0n) is 14.4. The van der Waals surface area contributed by atoms with E-state index in [0.717, 1.165) is 38.4 Å². The molecule has 0 saturated carbocycles. The summed E-state index contributed by atoms with van der Waals surface area (Å²) in [5.41, 5.74) is 1.44. The average molecular weight is 320 g/mol. The van der Waals surface area contributed by atoms with Crippen molar-refractivity contribution in [2.45, 2.75) is 45.8 Å². The van der Waals surface area contributed by atoms with E-state index in [0.29, 0.717) is 5.92 Å². The predicted octanol–water partition coefficient (Wildman–Crippen LogP) is 3.55. The SMILES string of the molecule is CC(C)(C)OC(=O)Nc1ccc(CNCC2CCCOC2)cc1. The number of hydrogen-bond donors (Lipinski definition) is 2. The van der Waals surface area contributed by atoms with Gasteiger partial charge in [0.05, 0.1) is 6.61 Å². The molecule has 5 heteroatoms. The molecular formula is C18H28N2O3. The fourth-order valence-electron chi connectivity index (χ4n) is 2.52. The van der Waals surface area contributed by atoms with Crippen LogP contribution in [0.3, 0.4) is 0 Å². The summed E-state index contributed by atoms with van der Waals surface area (Å²) in [6.07, 6.45) is 1.98. The van der Waals surface area contributed by atoms with Crippen molar-refractivity contribution < 1.29 is 14.3 Å². The minimum Gasteiger partial charge on any atom is -0.444 e. The van der Waals surface area contributed by atoms with Gasteiger partial charge in [-0.3, -0.25) is 5.32 Å². The van der Waals surface area contributed by atoms with Crippen LogP contribution in [0.25, 0.3) is 0 Å². The van der Waals surface area contributed by atoms with Gasteiger partial charge in [-0.2, -0.15) is 0 Å². The minimum atomic E-state index is -0.489. The molecule has 0 radical (unpaired) electrons. The number of benzene rings is 1. The Bertz CT molecular complexity index is 488. The van der Waals surface area contributed by atoms with Gasteiger partial charge in [0, 0.05) is 25.4 Å². The molecule has 1 aliphatic rings. The number of nitrogens with one attached hydrogen (secondary N) is 2. The van der Waals surface area contributed by atoms with Crippen LogP contribution in [-0.2, 0) is 16.0 Å². The molecule has 0 spiro atoms. The van der Waals surface area contributed by atoms with Crippen molar-refractivity contribution in [3.63, 3.8) is 0 Å². The highest BCUT2D eigenvalue weighted by Gasteiger charge is 2.16. The van der Waals surface area contributed by atoms with E-state index in [1.807, 2.05) is 45.0 Å². The van der Waals surface area contributed by atoms with Crippen LogP contribution in [0.4, 0.5) is 10.5 Å². The molecule has 2 N–H and O–H groups in total. The molecule has 1 aliphatic heterocycles. The summed E-state index contributed by atoms with van der Waals surface area (Å²) in [5.74, 6) is 0.622. The van der Waals surface area contributed by atoms with E-state index in [4.69, 9.17) is 9.47 Å². The first-order valence-electron chi connectivity index (χ1n) is 8.30. The molecule has 5 nitrogen and oxygen atoms in total. The van der Waals surface area contributed by atoms with Crippen molar-refractivity contribution in [3.05, 3.63) is 29.8 Å². The second-order valence-corrected chi connectivity index (χ2v) is 7.04. The lowest BCUT2D eigenvalue weighted by atomic mass is 10.0. The van der Waals surface area contributed by atoms with E-state index in [-0.39, 0.29) is 0 Å². The molecule has 1 fully saturated rings. The largest absolute Gasteiger partial charge is 0.444 e. The maximum Gasteiger partial charge on any atom is 0.412 e. The van der Waals surface area contributed by atoms with Crippen molar-refractivity contribution in [2.75, 3.05) is 25.1 Å². The summed E-state index contributed by atoms with van der Waals surface area (Å²) >= 11 is 0. The van der Waals surface area contributed by atoms with Crippen LogP contribution in [0.15, 0.2) is 24.3 Å². The highest BCUT2D eigenvalue weighted by atomic mass is 16.6. The maximum absolute atomic E-state index is 11.7. The van der Waals surface area contributed by atoms with E-state index in [1.165, 1.54) is 12.0 Å². The molecule has 128 valence electrons. The van der Waals surface area contributed by atoms with Crippen LogP contribution >= 0.6 is 0 Å². The second-order valence-electron chi connectivity index (χ2n) is 7.04. The number of carbonyl (C=O) groups excluding carboxylic acids is 1. The molecule has 1 saturated heterocycles. The van der Waals surface area contributed by atoms with Gasteiger partial charge in [0.2, 0.25) is 0 Å². The number of amides is 1. The molecule has 1 heterocycles. The summed E-state index contributed by atoms with van der Waals surface area (Å²) in [6, 6.07) is 7.81. The van der Waals surface area contributed by atoms with Crippen LogP contribution in [0, 0.1) is 5.92 Å². The standard InChI is InChI=1S/C18H28N2O3/c1-18(2,3)23-17(21)20-16-8-6-14(7-9-16)11-19-12-15-5-4-10-22-13-15/h6-9,15,19H,4-5,10-13H2,1-3H3,(H,20,21). The van der Waals surface area contributed by atoms with Crippen LogP contribution in [0.1, 0.15) is 39.2 Å². The number of anilines is 1. The first kappa shape index (κ1) is 17.8. The Morgan fingerprint density at radius 1 is 1.30 bits per heavy atom. The van der Waals surface area contributed by atoms with Crippen LogP contribution in [-0.4, -0.2) is 31.5 Å². The highest BCUT2D eigenvalue weighted by molar-refractivity contribution is 5.84. The second kappa shape index (κ2) is 8.31. The lowest BCUT2D eigenvalue weighted by Crippen LogP contribution is -2.28. The average Bonchev–Trinajstić information content (AvgIpc) is 2.48. The van der Waals surface area contributed by atoms with Crippen molar-refractivity contribution in [2.24, 2.45) is 5.92 Å². The van der Waals surface area contributed by atoms with Gasteiger partial charge in [0.15, 0.2) is 0 Å². The van der Waals surface area contributed by atoms with Gasteiger partial charge in [0.1, 0.15) is 5.60 Å². The Morgan fingerprint density at radius 3 is 2.65 bits per heavy atom. The molecule has 1 unspecified atom stereocenters. The van der Waals surface area contributed by atoms with Gasteiger partial charge < -0.3 is 14.8 Å². The lowest BCUT2D eigenvalue weighted by Gasteiger charge is -2.22. The Hall–Kier alpha value is -1.59. The summed E-state index contributed by atoms with van der Waals surface area (Å²) in [5, 5.41) is 6.21. The monoisotopic (exact) mass is 320 g/mol. The van der Waals surface area contributed by atoms with E-state index < -0.39 is 11.7 Å². The normalized spacial score (nSPS) is 18.5. The lowest BCUT2D eigenvalue weighted by molar-refractivity contribution is 0.0547. The molecule has 1 atom stereocenters. The van der Waals surface area contributed by atoms with Gasteiger partial charge in [-0.05, 0) is 57.2 Å². The summed E-state index contributed by atoms with van der Waals surface area (Å²) in [4.78, 5) is 11.7. The third-order valence-corrected chi connectivity index (χ3v) is 3.62. The summed E-state index contributed by atoms with van der Waals surface area (Å²) < 4.78 is 10.7. The zero-order valence-corrected chi connectivity index (χ0v) is 14.4. The molecule has 0 bridgehead atoms. The molecule has 0 aliphatic carbocycles. The summed E-state index contributed by atoms with van der Waals surface area (Å²) in [7, 11) is 0. The zero-order chi connectivity index (χ0) is 16.7. The third-order valence-electron chi connectivity index (χ3n) is 3.62. The highest BCUT2D eigenvalue weighted by Crippen LogP contribution is 2.14. The number of hydrogen-bond acceptors (Lipinski definition) is 4. The fraction of sp³-hybridized carbons (Fsp3) is 0.611. The third kappa shape index (κ3) is 7.01. The Labute approximate surface area is 138 Å². The minimum absolute atomic E-state index is 0.430. The summed E-state index contributed by atoms with van der Waals surface area (Å²) in [6.45, 7) is 9.12. The number of rotatable bonds is 5. The van der Waals surface area contributed by atoms with Gasteiger partial charge in [-0.1, -0.05) is 12.1 Å². The topological polar surface area (TPSA) is 59.6 Å². The smallest absolute Gasteiger partial charge is 0.412 e. The van der Waals surface area contributed by atoms with Gasteiger partial charge in [-0.15, -0.1) is 0 Å². The van der Waals surface area contributed by atoms with Gasteiger partial charge >= 0.3 is 6.09 Å². The van der Waals surface area contributed by atoms with E-state index in [2.05, 4.69) is 10.6 Å². The molecule has 0 aromatic heterocycles. The fourth-order valence-corrected chi connectivity index (χ4v) is 2.52. The van der Waals surface area contributed by atoms with Crippen LogP contribution < -0.4 is 10.6 Å². The van der Waals surface area contributed by atoms with Crippen molar-refractivity contribution in [1.82, 2.24) is 5.32 Å².